The summed E-state index contributed by atoms with van der Waals surface area (Å²) in [7, 11) is -4.09. The molecule has 0 aliphatic rings. The van der Waals surface area contributed by atoms with Gasteiger partial charge in [0.05, 0.1) is 22.3 Å². The van der Waals surface area contributed by atoms with Gasteiger partial charge in [0.2, 0.25) is 0 Å². The summed E-state index contributed by atoms with van der Waals surface area (Å²) in [6.07, 6.45) is 4.70. The van der Waals surface area contributed by atoms with Crippen LogP contribution in [0, 0.1) is 6.92 Å². The van der Waals surface area contributed by atoms with E-state index in [0.717, 1.165) is 20.8 Å². The van der Waals surface area contributed by atoms with E-state index in [1.807, 2.05) is 19.1 Å². The molecule has 0 aliphatic carbocycles. The minimum Gasteiger partial charge on any atom is -0.490 e. The minimum absolute atomic E-state index is 0.0705. The Labute approximate surface area is 216 Å². The number of nitrogens with one attached hydrogen (secondary N) is 1. The molecule has 1 amide bonds. The zero-order valence-corrected chi connectivity index (χ0v) is 21.1. The lowest BCUT2D eigenvalue weighted by atomic mass is 10.2. The number of nitrogens with zero attached hydrogens (tertiary/aromatic N) is 3. The largest absolute Gasteiger partial charge is 0.490 e. The number of pyridine rings is 1. The zero-order valence-electron chi connectivity index (χ0n) is 20.2. The highest BCUT2D eigenvalue weighted by atomic mass is 32.2. The van der Waals surface area contributed by atoms with Crippen LogP contribution in [0.15, 0.2) is 108 Å². The first kappa shape index (κ1) is 25.6. The SMILES string of the molecule is C=CCOc1ccc(/C=N\NC(=O)CN(c2cccc3cccnc23)S(=O)(=O)c2ccc(C)cc2)cc1. The van der Waals surface area contributed by atoms with Crippen LogP contribution in [0.1, 0.15) is 11.1 Å². The van der Waals surface area contributed by atoms with Gasteiger partial charge in [-0.15, -0.1) is 0 Å². The second-order valence-corrected chi connectivity index (χ2v) is 10.0. The van der Waals surface area contributed by atoms with E-state index < -0.39 is 22.5 Å². The highest BCUT2D eigenvalue weighted by Crippen LogP contribution is 2.29. The third kappa shape index (κ3) is 6.20. The number of rotatable bonds is 10. The monoisotopic (exact) mass is 514 g/mol. The van der Waals surface area contributed by atoms with Crippen LogP contribution >= 0.6 is 0 Å². The van der Waals surface area contributed by atoms with E-state index in [4.69, 9.17) is 4.74 Å². The van der Waals surface area contributed by atoms with Crippen molar-refractivity contribution in [1.29, 1.82) is 0 Å². The summed E-state index contributed by atoms with van der Waals surface area (Å²) in [6.45, 7) is 5.39. The highest BCUT2D eigenvalue weighted by Gasteiger charge is 2.28. The number of benzene rings is 3. The molecule has 1 aromatic heterocycles. The minimum atomic E-state index is -4.09. The van der Waals surface area contributed by atoms with Gasteiger partial charge >= 0.3 is 0 Å². The van der Waals surface area contributed by atoms with Gasteiger partial charge in [-0.1, -0.05) is 48.6 Å². The molecule has 0 saturated heterocycles. The van der Waals surface area contributed by atoms with E-state index in [9.17, 15) is 13.2 Å². The van der Waals surface area contributed by atoms with Crippen LogP contribution in [0.5, 0.6) is 5.75 Å². The highest BCUT2D eigenvalue weighted by molar-refractivity contribution is 7.92. The summed E-state index contributed by atoms with van der Waals surface area (Å²) in [6, 6.07) is 22.4. The Kier molecular flexibility index (Phi) is 7.95. The predicted octanol–water partition coefficient (Wildman–Crippen LogP) is 4.45. The van der Waals surface area contributed by atoms with Gasteiger partial charge in [0.15, 0.2) is 0 Å². The van der Waals surface area contributed by atoms with Gasteiger partial charge in [-0.25, -0.2) is 13.8 Å². The second-order valence-electron chi connectivity index (χ2n) is 8.14. The number of hydrazone groups is 1. The molecule has 0 spiro atoms. The van der Waals surface area contributed by atoms with Gasteiger partial charge < -0.3 is 4.74 Å². The molecule has 1 N–H and O–H groups in total. The van der Waals surface area contributed by atoms with Gasteiger partial charge in [-0.2, -0.15) is 5.10 Å². The summed E-state index contributed by atoms with van der Waals surface area (Å²) >= 11 is 0. The first-order valence-corrected chi connectivity index (χ1v) is 12.9. The third-order valence-corrected chi connectivity index (χ3v) is 7.20. The van der Waals surface area contributed by atoms with Crippen molar-refractivity contribution < 1.29 is 17.9 Å². The van der Waals surface area contributed by atoms with Crippen molar-refractivity contribution in [1.82, 2.24) is 10.4 Å². The molecule has 0 atom stereocenters. The molecule has 0 aliphatic heterocycles. The van der Waals surface area contributed by atoms with Crippen LogP contribution in [-0.2, 0) is 14.8 Å². The molecule has 0 radical (unpaired) electrons. The normalized spacial score (nSPS) is 11.4. The molecular weight excluding hydrogens is 488 g/mol. The lowest BCUT2D eigenvalue weighted by molar-refractivity contribution is -0.119. The lowest BCUT2D eigenvalue weighted by Gasteiger charge is -2.24. The van der Waals surface area contributed by atoms with Gasteiger partial charge in [-0.05, 0) is 61.0 Å². The van der Waals surface area contributed by atoms with Crippen LogP contribution in [0.3, 0.4) is 0 Å². The number of aryl methyl sites for hydroxylation is 1. The molecule has 0 bridgehead atoms. The van der Waals surface area contributed by atoms with Crippen LogP contribution in [0.4, 0.5) is 5.69 Å². The van der Waals surface area contributed by atoms with Crippen LogP contribution in [0.25, 0.3) is 10.9 Å². The van der Waals surface area contributed by atoms with E-state index >= 15 is 0 Å². The molecule has 188 valence electrons. The number of para-hydroxylation sites is 1. The van der Waals surface area contributed by atoms with E-state index in [-0.39, 0.29) is 4.90 Å². The molecule has 4 rings (SSSR count). The maximum Gasteiger partial charge on any atom is 0.264 e. The van der Waals surface area contributed by atoms with E-state index in [2.05, 4.69) is 22.1 Å². The number of anilines is 1. The number of sulfonamides is 1. The van der Waals surface area contributed by atoms with Crippen molar-refractivity contribution in [3.05, 3.63) is 109 Å². The summed E-state index contributed by atoms with van der Waals surface area (Å²) in [5.74, 6) is 0.0764. The number of aromatic nitrogens is 1. The number of carbonyl (C=O) groups excluding carboxylic acids is 1. The first-order chi connectivity index (χ1) is 17.9. The van der Waals surface area contributed by atoms with Crippen LogP contribution < -0.4 is 14.5 Å². The molecule has 8 nitrogen and oxygen atoms in total. The number of hydrogen-bond donors (Lipinski definition) is 1. The Bertz CT molecular complexity index is 1530. The number of hydrogen-bond acceptors (Lipinski definition) is 6. The van der Waals surface area contributed by atoms with Gasteiger partial charge in [0.25, 0.3) is 15.9 Å². The van der Waals surface area contributed by atoms with E-state index in [1.54, 1.807) is 66.9 Å². The first-order valence-electron chi connectivity index (χ1n) is 11.5. The summed E-state index contributed by atoms with van der Waals surface area (Å²) < 4.78 is 33.9. The average molecular weight is 515 g/mol. The average Bonchev–Trinajstić information content (AvgIpc) is 2.91. The van der Waals surface area contributed by atoms with Crippen molar-refractivity contribution >= 4 is 38.7 Å². The fourth-order valence-electron chi connectivity index (χ4n) is 3.58. The van der Waals surface area contributed by atoms with E-state index in [1.165, 1.54) is 18.3 Å². The summed E-state index contributed by atoms with van der Waals surface area (Å²) in [5.41, 5.74) is 4.84. The molecular formula is C28H26N4O4S. The lowest BCUT2D eigenvalue weighted by Crippen LogP contribution is -2.39. The molecule has 0 unspecified atom stereocenters. The van der Waals surface area contributed by atoms with Crippen molar-refractivity contribution in [2.45, 2.75) is 11.8 Å². The third-order valence-electron chi connectivity index (χ3n) is 5.43. The molecule has 4 aromatic rings. The summed E-state index contributed by atoms with van der Waals surface area (Å²) in [4.78, 5) is 17.3. The molecule has 1 heterocycles. The van der Waals surface area contributed by atoms with Crippen molar-refractivity contribution in [3.8, 4) is 5.75 Å². The molecule has 0 fully saturated rings. The quantitative estimate of drug-likeness (QED) is 0.191. The Morgan fingerprint density at radius 1 is 1.05 bits per heavy atom. The Hall–Kier alpha value is -4.50. The van der Waals surface area contributed by atoms with E-state index in [0.29, 0.717) is 23.6 Å². The molecule has 3 aromatic carbocycles. The van der Waals surface area contributed by atoms with Crippen molar-refractivity contribution in [2.24, 2.45) is 5.10 Å². The molecule has 9 heteroatoms. The summed E-state index contributed by atoms with van der Waals surface area (Å²) in [5, 5.41) is 4.74. The molecule has 37 heavy (non-hydrogen) atoms. The van der Waals surface area contributed by atoms with Crippen LogP contribution in [0.2, 0.25) is 0 Å². The maximum atomic E-state index is 13.7. The number of carbonyl (C=O) groups is 1. The fourth-order valence-corrected chi connectivity index (χ4v) is 5.00. The standard InChI is InChI=1S/C28H26N4O4S/c1-3-18-36-24-13-11-22(12-14-24)19-30-31-27(33)20-32(37(34,35)25-15-9-21(2)10-16-25)26-8-4-6-23-7-5-17-29-28(23)26/h3-17,19H,1,18,20H2,2H3,(H,31,33)/b30-19-. The van der Waals surface area contributed by atoms with Gasteiger partial charge in [0.1, 0.15) is 18.9 Å². The van der Waals surface area contributed by atoms with Crippen molar-refractivity contribution in [2.75, 3.05) is 17.5 Å². The van der Waals surface area contributed by atoms with Gasteiger partial charge in [-0.3, -0.25) is 14.1 Å². The number of ether oxygens (including phenoxy) is 1. The Morgan fingerprint density at radius 3 is 2.51 bits per heavy atom. The number of amides is 1. The Morgan fingerprint density at radius 2 is 1.78 bits per heavy atom. The van der Waals surface area contributed by atoms with Crippen LogP contribution in [-0.4, -0.2) is 38.7 Å². The van der Waals surface area contributed by atoms with Gasteiger partial charge in [0, 0.05) is 11.6 Å². The number of fused-ring (bicyclic) bond motifs is 1. The maximum absolute atomic E-state index is 13.7. The zero-order chi connectivity index (χ0) is 26.3. The Balaban J connectivity index is 1.58. The van der Waals surface area contributed by atoms with Crippen molar-refractivity contribution in [3.63, 3.8) is 0 Å². The predicted molar refractivity (Wildman–Crippen MR) is 145 cm³/mol. The fraction of sp³-hybridized carbons (Fsp3) is 0.107. The second kappa shape index (κ2) is 11.5. The topological polar surface area (TPSA) is 101 Å². The molecule has 0 saturated carbocycles. The smallest absolute Gasteiger partial charge is 0.264 e.